The van der Waals surface area contributed by atoms with Crippen LogP contribution in [-0.4, -0.2) is 0 Å². The molecular formula is C18H34. The van der Waals surface area contributed by atoms with Crippen molar-refractivity contribution in [2.24, 2.45) is 35.5 Å². The summed E-state index contributed by atoms with van der Waals surface area (Å²) in [7, 11) is 0. The van der Waals surface area contributed by atoms with Crippen LogP contribution in [0.2, 0.25) is 0 Å². The SMILES string of the molecule is CCCC1CCC(C(C)C2CC(C)[C@H](C)C2)CC1. The van der Waals surface area contributed by atoms with Crippen molar-refractivity contribution in [1.29, 1.82) is 0 Å². The summed E-state index contributed by atoms with van der Waals surface area (Å²) in [4.78, 5) is 0. The zero-order chi connectivity index (χ0) is 13.1. The molecule has 0 bridgehead atoms. The fourth-order valence-corrected chi connectivity index (χ4v) is 4.74. The van der Waals surface area contributed by atoms with E-state index in [9.17, 15) is 0 Å². The van der Waals surface area contributed by atoms with E-state index in [1.807, 2.05) is 0 Å². The van der Waals surface area contributed by atoms with Gasteiger partial charge in [0, 0.05) is 0 Å². The van der Waals surface area contributed by atoms with Crippen LogP contribution in [0.1, 0.15) is 79.1 Å². The van der Waals surface area contributed by atoms with E-state index in [1.54, 1.807) is 0 Å². The Morgan fingerprint density at radius 2 is 1.44 bits per heavy atom. The van der Waals surface area contributed by atoms with Crippen molar-refractivity contribution >= 4 is 0 Å². The maximum Gasteiger partial charge on any atom is -0.0381 e. The maximum atomic E-state index is 2.57. The van der Waals surface area contributed by atoms with Crippen LogP contribution < -0.4 is 0 Å². The summed E-state index contributed by atoms with van der Waals surface area (Å²) < 4.78 is 0. The van der Waals surface area contributed by atoms with Gasteiger partial charge in [0.15, 0.2) is 0 Å². The summed E-state index contributed by atoms with van der Waals surface area (Å²) in [5.41, 5.74) is 0. The molecule has 0 aromatic carbocycles. The molecule has 2 fully saturated rings. The van der Waals surface area contributed by atoms with Gasteiger partial charge in [0.2, 0.25) is 0 Å². The second-order valence-corrected chi connectivity index (χ2v) is 7.61. The van der Waals surface area contributed by atoms with Gasteiger partial charge in [-0.2, -0.15) is 0 Å². The lowest BCUT2D eigenvalue weighted by atomic mass is 9.71. The minimum atomic E-state index is 0.980. The van der Waals surface area contributed by atoms with Crippen LogP contribution in [0.25, 0.3) is 0 Å². The first-order valence-corrected chi connectivity index (χ1v) is 8.61. The molecule has 0 heteroatoms. The molecule has 2 aliphatic rings. The van der Waals surface area contributed by atoms with Crippen molar-refractivity contribution in [2.75, 3.05) is 0 Å². The molecule has 2 aliphatic carbocycles. The van der Waals surface area contributed by atoms with E-state index in [0.717, 1.165) is 35.5 Å². The topological polar surface area (TPSA) is 0 Å². The van der Waals surface area contributed by atoms with E-state index in [0.29, 0.717) is 0 Å². The summed E-state index contributed by atoms with van der Waals surface area (Å²) in [6, 6.07) is 0. The maximum absolute atomic E-state index is 2.57. The zero-order valence-corrected chi connectivity index (χ0v) is 13.1. The highest BCUT2D eigenvalue weighted by Crippen LogP contribution is 2.45. The van der Waals surface area contributed by atoms with Crippen LogP contribution in [0.15, 0.2) is 0 Å². The molecule has 2 saturated carbocycles. The molecule has 0 amide bonds. The lowest BCUT2D eigenvalue weighted by molar-refractivity contribution is 0.160. The van der Waals surface area contributed by atoms with Gasteiger partial charge >= 0.3 is 0 Å². The third-order valence-electron chi connectivity index (χ3n) is 6.40. The zero-order valence-electron chi connectivity index (χ0n) is 13.1. The lowest BCUT2D eigenvalue weighted by Gasteiger charge is -2.35. The van der Waals surface area contributed by atoms with Crippen molar-refractivity contribution < 1.29 is 0 Å². The molecule has 0 radical (unpaired) electrons. The Bertz CT molecular complexity index is 226. The van der Waals surface area contributed by atoms with Gasteiger partial charge in [0.1, 0.15) is 0 Å². The van der Waals surface area contributed by atoms with E-state index in [-0.39, 0.29) is 0 Å². The highest BCUT2D eigenvalue weighted by molar-refractivity contribution is 4.86. The van der Waals surface area contributed by atoms with Gasteiger partial charge < -0.3 is 0 Å². The van der Waals surface area contributed by atoms with Gasteiger partial charge in [0.25, 0.3) is 0 Å². The fourth-order valence-electron chi connectivity index (χ4n) is 4.74. The molecule has 0 N–H and O–H groups in total. The lowest BCUT2D eigenvalue weighted by Crippen LogP contribution is -2.24. The van der Waals surface area contributed by atoms with Gasteiger partial charge in [-0.1, -0.05) is 53.4 Å². The molecule has 0 aromatic heterocycles. The molecular weight excluding hydrogens is 216 g/mol. The average Bonchev–Trinajstić information content (AvgIpc) is 2.70. The molecule has 0 spiro atoms. The van der Waals surface area contributed by atoms with Crippen LogP contribution in [0, 0.1) is 35.5 Å². The van der Waals surface area contributed by atoms with Gasteiger partial charge in [-0.05, 0) is 61.2 Å². The standard InChI is InChI=1S/C18H34/c1-5-6-16-7-9-17(10-8-16)15(4)18-11-13(2)14(3)12-18/h13-18H,5-12H2,1-4H3/t13-,14?,15?,16?,17?,18?/m1/s1. The Labute approximate surface area is 115 Å². The van der Waals surface area contributed by atoms with E-state index < -0.39 is 0 Å². The predicted octanol–water partition coefficient (Wildman–Crippen LogP) is 5.91. The second-order valence-electron chi connectivity index (χ2n) is 7.61. The van der Waals surface area contributed by atoms with E-state index in [4.69, 9.17) is 0 Å². The Balaban J connectivity index is 1.79. The van der Waals surface area contributed by atoms with Gasteiger partial charge in [-0.25, -0.2) is 0 Å². The normalized spacial score (nSPS) is 43.0. The Kier molecular flexibility index (Phi) is 5.15. The smallest absolute Gasteiger partial charge is 0.0381 e. The van der Waals surface area contributed by atoms with Gasteiger partial charge in [-0.3, -0.25) is 0 Å². The van der Waals surface area contributed by atoms with Gasteiger partial charge in [0.05, 0.1) is 0 Å². The molecule has 4 atom stereocenters. The number of hydrogen-bond acceptors (Lipinski definition) is 0. The molecule has 0 nitrogen and oxygen atoms in total. The van der Waals surface area contributed by atoms with Crippen LogP contribution in [-0.2, 0) is 0 Å². The van der Waals surface area contributed by atoms with E-state index in [1.165, 1.54) is 51.4 Å². The molecule has 3 unspecified atom stereocenters. The molecule has 2 rings (SSSR count). The van der Waals surface area contributed by atoms with Crippen molar-refractivity contribution in [3.8, 4) is 0 Å². The van der Waals surface area contributed by atoms with Crippen molar-refractivity contribution in [3.05, 3.63) is 0 Å². The largest absolute Gasteiger partial charge is 0.0654 e. The minimum Gasteiger partial charge on any atom is -0.0654 e. The number of rotatable bonds is 4. The number of hydrogen-bond donors (Lipinski definition) is 0. The van der Waals surface area contributed by atoms with Gasteiger partial charge in [-0.15, -0.1) is 0 Å². The molecule has 0 aliphatic heterocycles. The van der Waals surface area contributed by atoms with Crippen LogP contribution in [0.4, 0.5) is 0 Å². The minimum absolute atomic E-state index is 0.980. The predicted molar refractivity (Wildman–Crippen MR) is 80.6 cm³/mol. The first-order chi connectivity index (χ1) is 8.61. The van der Waals surface area contributed by atoms with Crippen molar-refractivity contribution in [3.63, 3.8) is 0 Å². The van der Waals surface area contributed by atoms with Crippen LogP contribution in [0.5, 0.6) is 0 Å². The monoisotopic (exact) mass is 250 g/mol. The van der Waals surface area contributed by atoms with Crippen LogP contribution in [0.3, 0.4) is 0 Å². The third kappa shape index (κ3) is 3.31. The highest BCUT2D eigenvalue weighted by Gasteiger charge is 2.35. The fraction of sp³-hybridized carbons (Fsp3) is 1.00. The third-order valence-corrected chi connectivity index (χ3v) is 6.40. The first kappa shape index (κ1) is 14.4. The summed E-state index contributed by atoms with van der Waals surface area (Å²) in [5, 5.41) is 0. The van der Waals surface area contributed by atoms with Crippen LogP contribution >= 0.6 is 0 Å². The second kappa shape index (κ2) is 6.44. The van der Waals surface area contributed by atoms with Crippen molar-refractivity contribution in [2.45, 2.75) is 79.1 Å². The average molecular weight is 250 g/mol. The summed E-state index contributed by atoms with van der Waals surface area (Å²) in [5.74, 6) is 6.13. The van der Waals surface area contributed by atoms with Crippen molar-refractivity contribution in [1.82, 2.24) is 0 Å². The molecule has 0 aromatic rings. The highest BCUT2D eigenvalue weighted by atomic mass is 14.4. The molecule has 18 heavy (non-hydrogen) atoms. The Morgan fingerprint density at radius 1 is 0.889 bits per heavy atom. The summed E-state index contributed by atoms with van der Waals surface area (Å²) in [6.07, 6.45) is 12.0. The Morgan fingerprint density at radius 3 is 1.94 bits per heavy atom. The van der Waals surface area contributed by atoms with E-state index >= 15 is 0 Å². The quantitative estimate of drug-likeness (QED) is 0.581. The first-order valence-electron chi connectivity index (χ1n) is 8.61. The molecule has 0 saturated heterocycles. The summed E-state index contributed by atoms with van der Waals surface area (Å²) >= 11 is 0. The van der Waals surface area contributed by atoms with E-state index in [2.05, 4.69) is 27.7 Å². The molecule has 106 valence electrons. The Hall–Kier alpha value is 0. The molecule has 0 heterocycles. The summed E-state index contributed by atoms with van der Waals surface area (Å²) in [6.45, 7) is 9.85.